The van der Waals surface area contributed by atoms with Crippen LogP contribution in [0.3, 0.4) is 0 Å². The number of benzene rings is 2. The normalized spacial score (nSPS) is 11.7. The predicted molar refractivity (Wildman–Crippen MR) is 119 cm³/mol. The second-order valence-corrected chi connectivity index (χ2v) is 8.89. The monoisotopic (exact) mass is 490 g/mol. The lowest BCUT2D eigenvalue weighted by atomic mass is 10.1. The molecule has 0 aliphatic rings. The summed E-state index contributed by atoms with van der Waals surface area (Å²) in [5, 5.41) is 4.84. The molecule has 0 aliphatic heterocycles. The van der Waals surface area contributed by atoms with Gasteiger partial charge in [0.05, 0.1) is 22.8 Å². The Kier molecular flexibility index (Phi) is 7.85. The molecule has 1 heterocycles. The van der Waals surface area contributed by atoms with Crippen molar-refractivity contribution >= 4 is 50.9 Å². The molecule has 0 aliphatic carbocycles. The van der Waals surface area contributed by atoms with E-state index >= 15 is 0 Å². The van der Waals surface area contributed by atoms with Gasteiger partial charge >= 0.3 is 5.97 Å². The van der Waals surface area contributed by atoms with Gasteiger partial charge in [-0.1, -0.05) is 28.1 Å². The summed E-state index contributed by atoms with van der Waals surface area (Å²) in [6.45, 7) is 1.56. The van der Waals surface area contributed by atoms with Crippen molar-refractivity contribution in [1.29, 1.82) is 0 Å². The molecule has 0 saturated heterocycles. The van der Waals surface area contributed by atoms with Crippen LogP contribution >= 0.6 is 39.0 Å². The third kappa shape index (κ3) is 6.69. The minimum Gasteiger partial charge on any atom is -0.452 e. The maximum atomic E-state index is 12.2. The van der Waals surface area contributed by atoms with Crippen LogP contribution in [0.15, 0.2) is 68.8 Å². The molecule has 8 heteroatoms. The molecular weight excluding hydrogens is 472 g/mol. The SMILES string of the molecule is CC(NC(=O)COC(=O)c1ccc(SCc2cscn2)cc1)c1ccc(Br)cc1. The van der Waals surface area contributed by atoms with Crippen LogP contribution in [0.2, 0.25) is 0 Å². The molecule has 1 N–H and O–H groups in total. The van der Waals surface area contributed by atoms with Crippen molar-refractivity contribution in [3.63, 3.8) is 0 Å². The first-order valence-electron chi connectivity index (χ1n) is 8.83. The number of thiazole rings is 1. The zero-order chi connectivity index (χ0) is 20.6. The molecule has 0 saturated carbocycles. The van der Waals surface area contributed by atoms with Gasteiger partial charge in [-0.15, -0.1) is 23.1 Å². The summed E-state index contributed by atoms with van der Waals surface area (Å²) in [7, 11) is 0. The van der Waals surface area contributed by atoms with Crippen LogP contribution < -0.4 is 5.32 Å². The van der Waals surface area contributed by atoms with Crippen LogP contribution in [0.25, 0.3) is 0 Å². The van der Waals surface area contributed by atoms with Gasteiger partial charge in [0.25, 0.3) is 5.91 Å². The number of ether oxygens (including phenoxy) is 1. The van der Waals surface area contributed by atoms with Crippen molar-refractivity contribution in [3.05, 3.63) is 80.7 Å². The fourth-order valence-electron chi connectivity index (χ4n) is 2.49. The molecule has 0 spiro atoms. The Morgan fingerprint density at radius 2 is 1.90 bits per heavy atom. The number of nitrogens with one attached hydrogen (secondary N) is 1. The average molecular weight is 491 g/mol. The van der Waals surface area contributed by atoms with Crippen LogP contribution in [-0.4, -0.2) is 23.5 Å². The van der Waals surface area contributed by atoms with Crippen LogP contribution in [0.1, 0.15) is 34.6 Å². The van der Waals surface area contributed by atoms with Gasteiger partial charge in [-0.25, -0.2) is 9.78 Å². The zero-order valence-corrected chi connectivity index (χ0v) is 18.9. The fraction of sp³-hybridized carbons (Fsp3) is 0.190. The van der Waals surface area contributed by atoms with E-state index in [4.69, 9.17) is 4.74 Å². The second kappa shape index (κ2) is 10.6. The molecule has 3 aromatic rings. The first kappa shape index (κ1) is 21.5. The van der Waals surface area contributed by atoms with E-state index in [2.05, 4.69) is 26.2 Å². The van der Waals surface area contributed by atoms with Gasteiger partial charge in [-0.3, -0.25) is 4.79 Å². The first-order chi connectivity index (χ1) is 14.0. The molecule has 1 amide bonds. The molecule has 1 unspecified atom stereocenters. The van der Waals surface area contributed by atoms with E-state index in [-0.39, 0.29) is 18.6 Å². The lowest BCUT2D eigenvalue weighted by Gasteiger charge is -2.14. The second-order valence-electron chi connectivity index (χ2n) is 6.21. The molecular formula is C21H19BrN2O3S2. The van der Waals surface area contributed by atoms with E-state index < -0.39 is 5.97 Å². The number of rotatable bonds is 8. The van der Waals surface area contributed by atoms with Crippen LogP contribution in [0.4, 0.5) is 0 Å². The summed E-state index contributed by atoms with van der Waals surface area (Å²) in [5.41, 5.74) is 4.23. The third-order valence-corrected chi connectivity index (χ3v) is 6.25. The highest BCUT2D eigenvalue weighted by atomic mass is 79.9. The summed E-state index contributed by atoms with van der Waals surface area (Å²) in [6, 6.07) is 14.6. The molecule has 1 atom stereocenters. The Morgan fingerprint density at radius 1 is 1.17 bits per heavy atom. The van der Waals surface area contributed by atoms with Crippen LogP contribution in [0.5, 0.6) is 0 Å². The fourth-order valence-corrected chi connectivity index (χ4v) is 4.21. The molecule has 150 valence electrons. The number of amides is 1. The van der Waals surface area contributed by atoms with Gasteiger partial charge in [-0.05, 0) is 48.9 Å². The van der Waals surface area contributed by atoms with E-state index in [1.165, 1.54) is 0 Å². The Hall–Kier alpha value is -2.16. The highest BCUT2D eigenvalue weighted by Gasteiger charge is 2.13. The first-order valence-corrected chi connectivity index (χ1v) is 11.6. The summed E-state index contributed by atoms with van der Waals surface area (Å²) in [4.78, 5) is 29.5. The predicted octanol–water partition coefficient (Wildman–Crippen LogP) is 5.23. The Morgan fingerprint density at radius 3 is 2.55 bits per heavy atom. The zero-order valence-electron chi connectivity index (χ0n) is 15.6. The lowest BCUT2D eigenvalue weighted by Crippen LogP contribution is -2.31. The van der Waals surface area contributed by atoms with Crippen LogP contribution in [-0.2, 0) is 15.3 Å². The summed E-state index contributed by atoms with van der Waals surface area (Å²) < 4.78 is 6.10. The minimum absolute atomic E-state index is 0.177. The van der Waals surface area contributed by atoms with E-state index in [0.717, 1.165) is 26.4 Å². The number of hydrogen-bond acceptors (Lipinski definition) is 6. The number of carbonyl (C=O) groups is 2. The summed E-state index contributed by atoms with van der Waals surface area (Å²) in [6.07, 6.45) is 0. The number of esters is 1. The molecule has 5 nitrogen and oxygen atoms in total. The van der Waals surface area contributed by atoms with Gasteiger partial charge in [0.1, 0.15) is 0 Å². The van der Waals surface area contributed by atoms with Crippen molar-refractivity contribution in [2.75, 3.05) is 6.61 Å². The van der Waals surface area contributed by atoms with Crippen molar-refractivity contribution in [3.8, 4) is 0 Å². The highest BCUT2D eigenvalue weighted by molar-refractivity contribution is 9.10. The largest absolute Gasteiger partial charge is 0.452 e. The molecule has 0 fully saturated rings. The molecule has 29 heavy (non-hydrogen) atoms. The molecule has 1 aromatic heterocycles. The van der Waals surface area contributed by atoms with E-state index in [1.807, 2.05) is 54.2 Å². The average Bonchev–Trinajstić information content (AvgIpc) is 3.25. The molecule has 0 radical (unpaired) electrons. The Labute approximate surface area is 186 Å². The third-order valence-electron chi connectivity index (χ3n) is 4.04. The summed E-state index contributed by atoms with van der Waals surface area (Å²) >= 11 is 6.60. The van der Waals surface area contributed by atoms with Gasteiger partial charge in [0, 0.05) is 20.5 Å². The molecule has 3 rings (SSSR count). The highest BCUT2D eigenvalue weighted by Crippen LogP contribution is 2.23. The maximum Gasteiger partial charge on any atom is 0.338 e. The number of thioether (sulfide) groups is 1. The standard InChI is InChI=1S/C21H19BrN2O3S2/c1-14(15-2-6-17(22)7-3-15)24-20(25)10-27-21(26)16-4-8-19(9-5-16)29-12-18-11-28-13-23-18/h2-9,11,13-14H,10,12H2,1H3,(H,24,25). The van der Waals surface area contributed by atoms with E-state index in [0.29, 0.717) is 5.56 Å². The van der Waals surface area contributed by atoms with Crippen LogP contribution in [0, 0.1) is 0 Å². The van der Waals surface area contributed by atoms with Gasteiger partial charge in [-0.2, -0.15) is 0 Å². The lowest BCUT2D eigenvalue weighted by molar-refractivity contribution is -0.124. The van der Waals surface area contributed by atoms with Gasteiger partial charge < -0.3 is 10.1 Å². The minimum atomic E-state index is -0.521. The number of halogens is 1. The van der Waals surface area contributed by atoms with Crippen molar-refractivity contribution in [2.45, 2.75) is 23.6 Å². The maximum absolute atomic E-state index is 12.2. The van der Waals surface area contributed by atoms with Crippen molar-refractivity contribution in [2.24, 2.45) is 0 Å². The van der Waals surface area contributed by atoms with Crippen molar-refractivity contribution in [1.82, 2.24) is 10.3 Å². The van der Waals surface area contributed by atoms with Gasteiger partial charge in [0.15, 0.2) is 6.61 Å². The van der Waals surface area contributed by atoms with Crippen molar-refractivity contribution < 1.29 is 14.3 Å². The molecule has 2 aromatic carbocycles. The van der Waals surface area contributed by atoms with Gasteiger partial charge in [0.2, 0.25) is 0 Å². The number of nitrogens with zero attached hydrogens (tertiary/aromatic N) is 1. The Balaban J connectivity index is 1.44. The van der Waals surface area contributed by atoms with E-state index in [1.54, 1.807) is 35.2 Å². The summed E-state index contributed by atoms with van der Waals surface area (Å²) in [5.74, 6) is -0.0824. The molecule has 0 bridgehead atoms. The quantitative estimate of drug-likeness (QED) is 0.345. The van der Waals surface area contributed by atoms with E-state index in [9.17, 15) is 9.59 Å². The topological polar surface area (TPSA) is 68.3 Å². The Bertz CT molecular complexity index is 945. The number of hydrogen-bond donors (Lipinski definition) is 1. The number of carbonyl (C=O) groups excluding carboxylic acids is 2. The smallest absolute Gasteiger partial charge is 0.338 e. The number of aromatic nitrogens is 1.